The molecule has 136 valence electrons. The summed E-state index contributed by atoms with van der Waals surface area (Å²) in [4.78, 5) is 15.1. The van der Waals surface area contributed by atoms with Crippen LogP contribution in [-0.2, 0) is 16.1 Å². The molecule has 0 fully saturated rings. The first-order valence-electron chi connectivity index (χ1n) is 6.61. The summed E-state index contributed by atoms with van der Waals surface area (Å²) in [6, 6.07) is 2.84. The monoisotopic (exact) mass is 360 g/mol. The van der Waals surface area contributed by atoms with Crippen molar-refractivity contribution in [2.75, 3.05) is 19.8 Å². The Hall–Kier alpha value is -2.04. The molecule has 0 radical (unpaired) electrons. The lowest BCUT2D eigenvalue weighted by Crippen LogP contribution is -2.26. The number of aromatic nitrogens is 1. The van der Waals surface area contributed by atoms with Gasteiger partial charge in [0.2, 0.25) is 11.8 Å². The number of rotatable bonds is 8. The minimum Gasteiger partial charge on any atom is -0.468 e. The molecule has 0 aliphatic heterocycles. The van der Waals surface area contributed by atoms with Gasteiger partial charge in [-0.05, 0) is 6.07 Å². The van der Waals surface area contributed by atoms with Crippen LogP contribution in [0.1, 0.15) is 12.0 Å². The number of hydrogen-bond donors (Lipinski definition) is 1. The predicted molar refractivity (Wildman–Crippen MR) is 69.1 cm³/mol. The van der Waals surface area contributed by atoms with Crippen LogP contribution in [0.5, 0.6) is 5.88 Å². The number of nitrogens with zero attached hydrogens (tertiary/aromatic N) is 1. The smallest absolute Gasteiger partial charge is 0.422 e. The molecular formula is C13H14F6N2O3. The molecule has 1 rings (SSSR count). The van der Waals surface area contributed by atoms with Gasteiger partial charge in [0.05, 0.1) is 6.61 Å². The fraction of sp³-hybridized carbons (Fsp3) is 0.538. The molecule has 0 aromatic carbocycles. The van der Waals surface area contributed by atoms with E-state index >= 15 is 0 Å². The van der Waals surface area contributed by atoms with Crippen LogP contribution < -0.4 is 10.1 Å². The SMILES string of the molecule is O=C(CCOCC(F)(F)F)NCc1cccnc1OCC(F)(F)F. The summed E-state index contributed by atoms with van der Waals surface area (Å²) in [5, 5.41) is 2.33. The first-order chi connectivity index (χ1) is 11.1. The highest BCUT2D eigenvalue weighted by molar-refractivity contribution is 5.76. The summed E-state index contributed by atoms with van der Waals surface area (Å²) in [5.74, 6) is -0.911. The summed E-state index contributed by atoms with van der Waals surface area (Å²) < 4.78 is 80.7. The summed E-state index contributed by atoms with van der Waals surface area (Å²) in [5.41, 5.74) is 0.200. The Morgan fingerprint density at radius 2 is 1.79 bits per heavy atom. The van der Waals surface area contributed by atoms with Crippen molar-refractivity contribution in [3.63, 3.8) is 0 Å². The average Bonchev–Trinajstić information content (AvgIpc) is 2.46. The highest BCUT2D eigenvalue weighted by Gasteiger charge is 2.29. The predicted octanol–water partition coefficient (Wildman–Crippen LogP) is 2.61. The Kier molecular flexibility index (Phi) is 7.26. The zero-order valence-electron chi connectivity index (χ0n) is 12.2. The lowest BCUT2D eigenvalue weighted by molar-refractivity contribution is -0.174. The largest absolute Gasteiger partial charge is 0.468 e. The molecule has 24 heavy (non-hydrogen) atoms. The lowest BCUT2D eigenvalue weighted by atomic mass is 10.2. The van der Waals surface area contributed by atoms with E-state index in [-0.39, 0.29) is 24.4 Å². The molecule has 1 amide bonds. The second-order valence-electron chi connectivity index (χ2n) is 4.57. The number of hydrogen-bond acceptors (Lipinski definition) is 4. The van der Waals surface area contributed by atoms with Crippen LogP contribution in [0.4, 0.5) is 26.3 Å². The third-order valence-electron chi connectivity index (χ3n) is 2.44. The number of halogens is 6. The van der Waals surface area contributed by atoms with Gasteiger partial charge >= 0.3 is 12.4 Å². The van der Waals surface area contributed by atoms with Crippen molar-refractivity contribution in [2.24, 2.45) is 0 Å². The number of pyridine rings is 1. The van der Waals surface area contributed by atoms with Crippen molar-refractivity contribution in [3.05, 3.63) is 23.9 Å². The third-order valence-corrected chi connectivity index (χ3v) is 2.44. The molecule has 0 bridgehead atoms. The highest BCUT2D eigenvalue weighted by atomic mass is 19.4. The van der Waals surface area contributed by atoms with E-state index in [1.165, 1.54) is 18.3 Å². The average molecular weight is 360 g/mol. The van der Waals surface area contributed by atoms with Crippen molar-refractivity contribution < 1.29 is 40.6 Å². The molecule has 0 spiro atoms. The normalized spacial score (nSPS) is 12.1. The number of amides is 1. The van der Waals surface area contributed by atoms with Crippen LogP contribution in [0.3, 0.4) is 0 Å². The number of ether oxygens (including phenoxy) is 2. The van der Waals surface area contributed by atoms with Gasteiger partial charge in [-0.3, -0.25) is 4.79 Å². The van der Waals surface area contributed by atoms with E-state index in [4.69, 9.17) is 0 Å². The van der Waals surface area contributed by atoms with Crippen LogP contribution in [-0.4, -0.2) is 43.1 Å². The number of carbonyl (C=O) groups excluding carboxylic acids is 1. The molecule has 0 aliphatic rings. The van der Waals surface area contributed by atoms with E-state index in [9.17, 15) is 31.1 Å². The molecule has 0 atom stereocenters. The summed E-state index contributed by atoms with van der Waals surface area (Å²) >= 11 is 0. The van der Waals surface area contributed by atoms with Crippen LogP contribution in [0.25, 0.3) is 0 Å². The first kappa shape index (κ1) is 20.0. The fourth-order valence-electron chi connectivity index (χ4n) is 1.47. The molecule has 1 N–H and O–H groups in total. The third kappa shape index (κ3) is 9.18. The molecular weight excluding hydrogens is 346 g/mol. The Labute approximate surface area is 133 Å². The second kappa shape index (κ2) is 8.71. The van der Waals surface area contributed by atoms with Gasteiger partial charge in [-0.15, -0.1) is 0 Å². The summed E-state index contributed by atoms with van der Waals surface area (Å²) in [7, 11) is 0. The van der Waals surface area contributed by atoms with Gasteiger partial charge in [-0.25, -0.2) is 4.98 Å². The molecule has 11 heteroatoms. The van der Waals surface area contributed by atoms with Crippen LogP contribution in [0, 0.1) is 0 Å². The van der Waals surface area contributed by atoms with E-state index in [0.717, 1.165) is 0 Å². The van der Waals surface area contributed by atoms with Gasteiger partial charge in [-0.1, -0.05) is 6.07 Å². The standard InChI is InChI=1S/C13H14F6N2O3/c14-12(15,16)7-23-5-3-10(22)21-6-9-2-1-4-20-11(9)24-8-13(17,18)19/h1-2,4H,3,5-8H2,(H,21,22). The van der Waals surface area contributed by atoms with E-state index in [1.807, 2.05) is 0 Å². The van der Waals surface area contributed by atoms with Crippen LogP contribution in [0.15, 0.2) is 18.3 Å². The lowest BCUT2D eigenvalue weighted by Gasteiger charge is -2.12. The molecule has 1 aromatic heterocycles. The summed E-state index contributed by atoms with van der Waals surface area (Å²) in [6.07, 6.45) is -8.11. The topological polar surface area (TPSA) is 60.5 Å². The van der Waals surface area contributed by atoms with Crippen molar-refractivity contribution >= 4 is 5.91 Å². The Morgan fingerprint density at radius 3 is 2.42 bits per heavy atom. The molecule has 0 aliphatic carbocycles. The molecule has 1 heterocycles. The Morgan fingerprint density at radius 1 is 1.12 bits per heavy atom. The molecule has 5 nitrogen and oxygen atoms in total. The van der Waals surface area contributed by atoms with Crippen molar-refractivity contribution in [3.8, 4) is 5.88 Å². The van der Waals surface area contributed by atoms with E-state index in [2.05, 4.69) is 19.8 Å². The van der Waals surface area contributed by atoms with Crippen LogP contribution in [0.2, 0.25) is 0 Å². The minimum absolute atomic E-state index is 0.181. The van der Waals surface area contributed by atoms with Gasteiger partial charge in [0.15, 0.2) is 6.61 Å². The Balaban J connectivity index is 2.40. The number of carbonyl (C=O) groups is 1. The highest BCUT2D eigenvalue weighted by Crippen LogP contribution is 2.20. The number of nitrogens with one attached hydrogen (secondary N) is 1. The van der Waals surface area contributed by atoms with Gasteiger partial charge in [0.1, 0.15) is 6.61 Å². The van der Waals surface area contributed by atoms with Crippen molar-refractivity contribution in [1.29, 1.82) is 0 Å². The fourth-order valence-corrected chi connectivity index (χ4v) is 1.47. The molecule has 0 saturated carbocycles. The van der Waals surface area contributed by atoms with Gasteiger partial charge in [-0.2, -0.15) is 26.3 Å². The van der Waals surface area contributed by atoms with Crippen molar-refractivity contribution in [1.82, 2.24) is 10.3 Å². The van der Waals surface area contributed by atoms with Gasteiger partial charge in [0.25, 0.3) is 0 Å². The Bertz CT molecular complexity index is 533. The maximum Gasteiger partial charge on any atom is 0.422 e. The quantitative estimate of drug-likeness (QED) is 0.572. The van der Waals surface area contributed by atoms with E-state index in [1.54, 1.807) is 0 Å². The first-order valence-corrected chi connectivity index (χ1v) is 6.61. The number of alkyl halides is 6. The molecule has 0 saturated heterocycles. The minimum atomic E-state index is -4.53. The molecule has 0 unspecified atom stereocenters. The van der Waals surface area contributed by atoms with Crippen LogP contribution >= 0.6 is 0 Å². The maximum absolute atomic E-state index is 12.1. The molecule has 1 aromatic rings. The maximum atomic E-state index is 12.1. The van der Waals surface area contributed by atoms with Gasteiger partial charge in [0, 0.05) is 24.7 Å². The van der Waals surface area contributed by atoms with Gasteiger partial charge < -0.3 is 14.8 Å². The van der Waals surface area contributed by atoms with E-state index in [0.29, 0.717) is 0 Å². The van der Waals surface area contributed by atoms with Crippen molar-refractivity contribution in [2.45, 2.75) is 25.3 Å². The zero-order valence-corrected chi connectivity index (χ0v) is 12.2. The second-order valence-corrected chi connectivity index (χ2v) is 4.57. The zero-order chi connectivity index (χ0) is 18.2. The van der Waals surface area contributed by atoms with E-state index < -0.39 is 38.1 Å². The summed E-state index contributed by atoms with van der Waals surface area (Å²) in [6.45, 7) is -3.61.